The zero-order chi connectivity index (χ0) is 16.6. The van der Waals surface area contributed by atoms with Gasteiger partial charge in [0.2, 0.25) is 5.91 Å². The molecular weight excluding hydrogens is 250 g/mol. The van der Waals surface area contributed by atoms with Gasteiger partial charge in [-0.2, -0.15) is 0 Å². The topological polar surface area (TPSA) is 46.2 Å². The molecule has 0 aromatic heterocycles. The van der Waals surface area contributed by atoms with Crippen LogP contribution in [0.3, 0.4) is 0 Å². The molecule has 20 heavy (non-hydrogen) atoms. The van der Waals surface area contributed by atoms with Gasteiger partial charge in [-0.1, -0.05) is 55.9 Å². The molecule has 1 atom stereocenters. The molecule has 1 amide bonds. The Morgan fingerprint density at radius 2 is 1.25 bits per heavy atom. The van der Waals surface area contributed by atoms with Crippen LogP contribution in [0.15, 0.2) is 0 Å². The Kier molecular flexibility index (Phi) is 32.2. The lowest BCUT2D eigenvalue weighted by Crippen LogP contribution is -2.44. The summed E-state index contributed by atoms with van der Waals surface area (Å²) in [5.41, 5.74) is -0.295. The zero-order valence-corrected chi connectivity index (χ0v) is 15.1. The minimum absolute atomic E-state index is 0. The van der Waals surface area contributed by atoms with Gasteiger partial charge in [-0.3, -0.25) is 9.59 Å². The molecule has 0 radical (unpaired) electrons. The van der Waals surface area contributed by atoms with Crippen molar-refractivity contribution in [1.82, 2.24) is 5.32 Å². The summed E-state index contributed by atoms with van der Waals surface area (Å²) in [5, 5.41) is 2.81. The number of carbonyl (C=O) groups excluding carboxylic acids is 2. The van der Waals surface area contributed by atoms with Crippen LogP contribution in [0.2, 0.25) is 0 Å². The summed E-state index contributed by atoms with van der Waals surface area (Å²) in [7, 11) is 0. The van der Waals surface area contributed by atoms with Crippen LogP contribution in [-0.2, 0) is 9.59 Å². The highest BCUT2D eigenvalue weighted by atomic mass is 16.1. The van der Waals surface area contributed by atoms with Crippen LogP contribution < -0.4 is 5.32 Å². The van der Waals surface area contributed by atoms with Gasteiger partial charge in [0.05, 0.1) is 0 Å². The van der Waals surface area contributed by atoms with Crippen molar-refractivity contribution in [2.75, 3.05) is 0 Å². The molecule has 126 valence electrons. The van der Waals surface area contributed by atoms with Gasteiger partial charge in [-0.15, -0.1) is 0 Å². The van der Waals surface area contributed by atoms with E-state index in [-0.39, 0.29) is 30.6 Å². The molecule has 0 aromatic rings. The maximum absolute atomic E-state index is 11.0. The van der Waals surface area contributed by atoms with Crippen molar-refractivity contribution < 1.29 is 9.59 Å². The molecule has 0 rings (SSSR count). The third-order valence-corrected chi connectivity index (χ3v) is 2.02. The van der Waals surface area contributed by atoms with E-state index < -0.39 is 0 Å². The third-order valence-electron chi connectivity index (χ3n) is 2.02. The zero-order valence-electron chi connectivity index (χ0n) is 15.1. The molecule has 0 heterocycles. The lowest BCUT2D eigenvalue weighted by atomic mass is 9.89. The summed E-state index contributed by atoms with van der Waals surface area (Å²) in [6, 6.07) is 0. The number of hydrogen-bond donors (Lipinski definition) is 1. The quantitative estimate of drug-likeness (QED) is 0.770. The number of nitrogens with one attached hydrogen (secondary N) is 1. The molecule has 0 fully saturated rings. The predicted molar refractivity (Wildman–Crippen MR) is 93.1 cm³/mol. The number of rotatable bonds is 4. The summed E-state index contributed by atoms with van der Waals surface area (Å²) in [4.78, 5) is 21.8. The second-order valence-corrected chi connectivity index (χ2v) is 4.28. The Balaban J connectivity index is -0.0000000940. The number of amides is 1. The first-order valence-electron chi connectivity index (χ1n) is 7.54. The third kappa shape index (κ3) is 25.9. The van der Waals surface area contributed by atoms with Crippen molar-refractivity contribution in [3.05, 3.63) is 0 Å². The molecule has 0 aliphatic heterocycles. The minimum atomic E-state index is -0.295. The highest BCUT2D eigenvalue weighted by Crippen LogP contribution is 2.16. The smallest absolute Gasteiger partial charge is 0.217 e. The SMILES string of the molecule is C.CC.CC.CC.CC(=O)NC(C)(C)CC(C)C(C)=O. The Morgan fingerprint density at radius 3 is 1.45 bits per heavy atom. The first kappa shape index (κ1) is 31.5. The van der Waals surface area contributed by atoms with Crippen LogP contribution in [0.1, 0.15) is 90.0 Å². The molecule has 1 unspecified atom stereocenters. The average molecular weight is 292 g/mol. The lowest BCUT2D eigenvalue weighted by molar-refractivity contribution is -0.123. The summed E-state index contributed by atoms with van der Waals surface area (Å²) >= 11 is 0. The highest BCUT2D eigenvalue weighted by molar-refractivity contribution is 5.78. The van der Waals surface area contributed by atoms with Crippen molar-refractivity contribution in [2.45, 2.75) is 95.5 Å². The van der Waals surface area contributed by atoms with E-state index >= 15 is 0 Å². The first-order chi connectivity index (χ1) is 8.74. The highest BCUT2D eigenvalue weighted by Gasteiger charge is 2.23. The second kappa shape index (κ2) is 20.5. The molecule has 3 nitrogen and oxygen atoms in total. The predicted octanol–water partition coefficient (Wildman–Crippen LogP) is 5.23. The van der Waals surface area contributed by atoms with Crippen molar-refractivity contribution >= 4 is 11.7 Å². The fourth-order valence-electron chi connectivity index (χ4n) is 1.44. The van der Waals surface area contributed by atoms with Gasteiger partial charge in [-0.05, 0) is 27.2 Å². The molecule has 0 aliphatic carbocycles. The van der Waals surface area contributed by atoms with Crippen molar-refractivity contribution in [3.63, 3.8) is 0 Å². The van der Waals surface area contributed by atoms with Crippen molar-refractivity contribution in [1.29, 1.82) is 0 Å². The van der Waals surface area contributed by atoms with Gasteiger partial charge in [0.25, 0.3) is 0 Å². The maximum atomic E-state index is 11.0. The Labute approximate surface area is 128 Å². The maximum Gasteiger partial charge on any atom is 0.217 e. The van der Waals surface area contributed by atoms with Crippen LogP contribution >= 0.6 is 0 Å². The molecule has 0 spiro atoms. The average Bonchev–Trinajstić information content (AvgIpc) is 2.34. The van der Waals surface area contributed by atoms with E-state index in [9.17, 15) is 9.59 Å². The number of carbonyl (C=O) groups is 2. The molecule has 0 saturated heterocycles. The van der Waals surface area contributed by atoms with E-state index in [2.05, 4.69) is 5.32 Å². The minimum Gasteiger partial charge on any atom is -0.351 e. The molecule has 0 aromatic carbocycles. The van der Waals surface area contributed by atoms with E-state index in [0.717, 1.165) is 0 Å². The second-order valence-electron chi connectivity index (χ2n) is 4.28. The van der Waals surface area contributed by atoms with E-state index in [1.165, 1.54) is 6.92 Å². The molecule has 0 aliphatic rings. The van der Waals surface area contributed by atoms with Gasteiger partial charge in [0, 0.05) is 18.4 Å². The summed E-state index contributed by atoms with van der Waals surface area (Å²) in [6.07, 6.45) is 0.682. The van der Waals surface area contributed by atoms with E-state index in [0.29, 0.717) is 6.42 Å². The van der Waals surface area contributed by atoms with Gasteiger partial charge in [-0.25, -0.2) is 0 Å². The summed E-state index contributed by atoms with van der Waals surface area (Å²) in [5.74, 6) is 0.112. The number of hydrogen-bond acceptors (Lipinski definition) is 2. The number of ketones is 1. The van der Waals surface area contributed by atoms with Crippen LogP contribution in [0, 0.1) is 5.92 Å². The van der Waals surface area contributed by atoms with Crippen LogP contribution in [0.4, 0.5) is 0 Å². The Morgan fingerprint density at radius 1 is 0.950 bits per heavy atom. The molecule has 0 saturated carbocycles. The monoisotopic (exact) mass is 291 g/mol. The van der Waals surface area contributed by atoms with Gasteiger partial charge < -0.3 is 5.32 Å². The fraction of sp³-hybridized carbons (Fsp3) is 0.882. The Hall–Kier alpha value is -0.860. The molecule has 0 bridgehead atoms. The standard InChI is InChI=1S/C10H19NO2.3C2H6.CH4/c1-7(8(2)12)6-10(4,5)11-9(3)13;3*1-2;/h7H,6H2,1-5H3,(H,11,13);3*1-2H3;1H4. The van der Waals surface area contributed by atoms with Crippen molar-refractivity contribution in [2.24, 2.45) is 5.92 Å². The normalized spacial score (nSPS) is 9.75. The molecule has 3 heteroatoms. The van der Waals surface area contributed by atoms with Gasteiger partial charge in [0.1, 0.15) is 5.78 Å². The van der Waals surface area contributed by atoms with Crippen LogP contribution in [-0.4, -0.2) is 17.2 Å². The van der Waals surface area contributed by atoms with Crippen LogP contribution in [0.25, 0.3) is 0 Å². The summed E-state index contributed by atoms with van der Waals surface area (Å²) < 4.78 is 0. The fourth-order valence-corrected chi connectivity index (χ4v) is 1.44. The first-order valence-corrected chi connectivity index (χ1v) is 7.54. The summed E-state index contributed by atoms with van der Waals surface area (Å²) in [6.45, 7) is 20.8. The van der Waals surface area contributed by atoms with E-state index in [1.54, 1.807) is 6.92 Å². The Bertz CT molecular complexity index is 211. The van der Waals surface area contributed by atoms with Gasteiger partial charge >= 0.3 is 0 Å². The van der Waals surface area contributed by atoms with Gasteiger partial charge in [0.15, 0.2) is 0 Å². The van der Waals surface area contributed by atoms with E-state index in [4.69, 9.17) is 0 Å². The van der Waals surface area contributed by atoms with E-state index in [1.807, 2.05) is 62.3 Å². The number of Topliss-reactive ketones (excluding diaryl/α,β-unsaturated/α-hetero) is 1. The molecule has 1 N–H and O–H groups in total. The largest absolute Gasteiger partial charge is 0.351 e. The van der Waals surface area contributed by atoms with Crippen LogP contribution in [0.5, 0.6) is 0 Å². The van der Waals surface area contributed by atoms with Crippen molar-refractivity contribution in [3.8, 4) is 0 Å². The lowest BCUT2D eigenvalue weighted by Gasteiger charge is -2.27. The molecular formula is C17H41NO2.